The zero-order valence-corrected chi connectivity index (χ0v) is 15.0. The van der Waals surface area contributed by atoms with Crippen LogP contribution in [0.2, 0.25) is 0 Å². The third-order valence-corrected chi connectivity index (χ3v) is 4.84. The summed E-state index contributed by atoms with van der Waals surface area (Å²) in [5.41, 5.74) is 3.47. The Morgan fingerprint density at radius 2 is 2.08 bits per heavy atom. The number of carbonyl (C=O) groups is 1. The van der Waals surface area contributed by atoms with E-state index in [1.54, 1.807) is 16.8 Å². The van der Waals surface area contributed by atoms with Gasteiger partial charge in [-0.1, -0.05) is 0 Å². The molecule has 1 aromatic carbocycles. The number of aryl methyl sites for hydroxylation is 1. The van der Waals surface area contributed by atoms with Crippen LogP contribution in [0.15, 0.2) is 24.3 Å². The fourth-order valence-electron chi connectivity index (χ4n) is 3.47. The molecule has 6 heteroatoms. The van der Waals surface area contributed by atoms with E-state index in [9.17, 15) is 9.18 Å². The van der Waals surface area contributed by atoms with Crippen molar-refractivity contribution in [3.8, 4) is 5.69 Å². The minimum absolute atomic E-state index is 0.0314. The molecule has 0 radical (unpaired) electrons. The highest BCUT2D eigenvalue weighted by molar-refractivity contribution is 5.79. The molecule has 0 saturated carbocycles. The molecule has 0 bridgehead atoms. The minimum atomic E-state index is -0.277. The number of hydrogen-bond acceptors (Lipinski definition) is 3. The van der Waals surface area contributed by atoms with Crippen molar-refractivity contribution in [1.82, 2.24) is 20.4 Å². The standard InChI is InChI=1S/C19H25FN4O/c1-12-10-16(8-9-21-12)22-19(25)11-18-13(2)23-24(14(18)3)17-6-4-15(20)5-7-17/h4-7,12,16,21H,8-11H2,1-3H3,(H,22,25). The minimum Gasteiger partial charge on any atom is -0.353 e. The summed E-state index contributed by atoms with van der Waals surface area (Å²) in [4.78, 5) is 12.5. The van der Waals surface area contributed by atoms with Crippen molar-refractivity contribution in [1.29, 1.82) is 0 Å². The van der Waals surface area contributed by atoms with Gasteiger partial charge >= 0.3 is 0 Å². The van der Waals surface area contributed by atoms with E-state index in [4.69, 9.17) is 0 Å². The molecule has 2 N–H and O–H groups in total. The maximum Gasteiger partial charge on any atom is 0.224 e. The van der Waals surface area contributed by atoms with Crippen LogP contribution in [0.3, 0.4) is 0 Å². The van der Waals surface area contributed by atoms with Gasteiger partial charge in [0.25, 0.3) is 0 Å². The van der Waals surface area contributed by atoms with Crippen LogP contribution >= 0.6 is 0 Å². The normalized spacial score (nSPS) is 20.5. The maximum absolute atomic E-state index is 13.1. The summed E-state index contributed by atoms with van der Waals surface area (Å²) in [7, 11) is 0. The molecule has 0 aliphatic carbocycles. The number of hydrogen-bond donors (Lipinski definition) is 2. The summed E-state index contributed by atoms with van der Waals surface area (Å²) >= 11 is 0. The average Bonchev–Trinajstić information content (AvgIpc) is 2.84. The summed E-state index contributed by atoms with van der Waals surface area (Å²) in [6.45, 7) is 6.92. The predicted molar refractivity (Wildman–Crippen MR) is 95.3 cm³/mol. The van der Waals surface area contributed by atoms with Gasteiger partial charge in [0.05, 0.1) is 17.8 Å². The van der Waals surface area contributed by atoms with E-state index < -0.39 is 0 Å². The van der Waals surface area contributed by atoms with Crippen LogP contribution in [0.25, 0.3) is 5.69 Å². The van der Waals surface area contributed by atoms with Gasteiger partial charge in [0.15, 0.2) is 0 Å². The molecular formula is C19H25FN4O. The monoisotopic (exact) mass is 344 g/mol. The Bertz CT molecular complexity index is 754. The number of nitrogens with one attached hydrogen (secondary N) is 2. The highest BCUT2D eigenvalue weighted by Gasteiger charge is 2.21. The van der Waals surface area contributed by atoms with Crippen LogP contribution in [0.4, 0.5) is 4.39 Å². The van der Waals surface area contributed by atoms with Gasteiger partial charge in [-0.2, -0.15) is 5.10 Å². The first-order valence-corrected chi connectivity index (χ1v) is 8.78. The second-order valence-corrected chi connectivity index (χ2v) is 6.86. The molecule has 134 valence electrons. The van der Waals surface area contributed by atoms with E-state index >= 15 is 0 Å². The lowest BCUT2D eigenvalue weighted by Gasteiger charge is -2.28. The van der Waals surface area contributed by atoms with Gasteiger partial charge in [0.2, 0.25) is 5.91 Å². The Hall–Kier alpha value is -2.21. The largest absolute Gasteiger partial charge is 0.353 e. The number of nitrogens with zero attached hydrogens (tertiary/aromatic N) is 2. The second-order valence-electron chi connectivity index (χ2n) is 6.86. The van der Waals surface area contributed by atoms with Crippen molar-refractivity contribution in [2.24, 2.45) is 0 Å². The summed E-state index contributed by atoms with van der Waals surface area (Å²) in [6.07, 6.45) is 2.23. The Morgan fingerprint density at radius 3 is 2.76 bits per heavy atom. The van der Waals surface area contributed by atoms with Gasteiger partial charge in [0, 0.05) is 23.3 Å². The van der Waals surface area contributed by atoms with Crippen molar-refractivity contribution in [2.75, 3.05) is 6.54 Å². The van der Waals surface area contributed by atoms with Crippen LogP contribution in [0.1, 0.15) is 36.7 Å². The maximum atomic E-state index is 13.1. The number of halogens is 1. The molecule has 2 heterocycles. The third-order valence-electron chi connectivity index (χ3n) is 4.84. The molecule has 2 atom stereocenters. The van der Waals surface area contributed by atoms with E-state index in [1.165, 1.54) is 12.1 Å². The lowest BCUT2D eigenvalue weighted by molar-refractivity contribution is -0.121. The smallest absolute Gasteiger partial charge is 0.224 e. The van der Waals surface area contributed by atoms with Gasteiger partial charge in [-0.15, -0.1) is 0 Å². The highest BCUT2D eigenvalue weighted by atomic mass is 19.1. The highest BCUT2D eigenvalue weighted by Crippen LogP contribution is 2.19. The zero-order chi connectivity index (χ0) is 18.0. The molecule has 1 fully saturated rings. The molecule has 5 nitrogen and oxygen atoms in total. The van der Waals surface area contributed by atoms with Crippen molar-refractivity contribution in [3.05, 3.63) is 47.0 Å². The Labute approximate surface area is 147 Å². The van der Waals surface area contributed by atoms with Crippen LogP contribution < -0.4 is 10.6 Å². The van der Waals surface area contributed by atoms with Crippen LogP contribution in [0.5, 0.6) is 0 Å². The van der Waals surface area contributed by atoms with Gasteiger partial charge in [-0.05, 0) is 64.4 Å². The Balaban J connectivity index is 1.72. The summed E-state index contributed by atoms with van der Waals surface area (Å²) in [5, 5.41) is 11.1. The van der Waals surface area contributed by atoms with Crippen LogP contribution in [0, 0.1) is 19.7 Å². The first-order chi connectivity index (χ1) is 11.9. The van der Waals surface area contributed by atoms with Crippen LogP contribution in [-0.2, 0) is 11.2 Å². The van der Waals surface area contributed by atoms with Gasteiger partial charge in [-0.3, -0.25) is 4.79 Å². The molecule has 1 aliphatic heterocycles. The SMILES string of the molecule is Cc1nn(-c2ccc(F)cc2)c(C)c1CC(=O)NC1CCNC(C)C1. The fourth-order valence-corrected chi connectivity index (χ4v) is 3.47. The lowest BCUT2D eigenvalue weighted by Crippen LogP contribution is -2.47. The predicted octanol–water partition coefficient (Wildman–Crippen LogP) is 2.43. The van der Waals surface area contributed by atoms with Crippen molar-refractivity contribution in [2.45, 2.75) is 52.1 Å². The quantitative estimate of drug-likeness (QED) is 0.896. The van der Waals surface area contributed by atoms with Crippen molar-refractivity contribution in [3.63, 3.8) is 0 Å². The molecule has 2 aromatic rings. The van der Waals surface area contributed by atoms with E-state index in [-0.39, 0.29) is 17.8 Å². The molecule has 1 aliphatic rings. The topological polar surface area (TPSA) is 59.0 Å². The molecule has 1 aromatic heterocycles. The third kappa shape index (κ3) is 4.07. The molecule has 0 spiro atoms. The number of piperidine rings is 1. The lowest BCUT2D eigenvalue weighted by atomic mass is 10.00. The second kappa shape index (κ2) is 7.35. The molecule has 3 rings (SSSR count). The molecule has 25 heavy (non-hydrogen) atoms. The molecular weight excluding hydrogens is 319 g/mol. The summed E-state index contributed by atoms with van der Waals surface area (Å²) in [5.74, 6) is -0.245. The Kier molecular flexibility index (Phi) is 5.18. The number of amides is 1. The number of rotatable bonds is 4. The van der Waals surface area contributed by atoms with Gasteiger partial charge < -0.3 is 10.6 Å². The van der Waals surface area contributed by atoms with E-state index in [0.29, 0.717) is 12.5 Å². The number of benzene rings is 1. The van der Waals surface area contributed by atoms with Gasteiger partial charge in [-0.25, -0.2) is 9.07 Å². The molecule has 1 amide bonds. The van der Waals surface area contributed by atoms with Crippen molar-refractivity contribution >= 4 is 5.91 Å². The fraction of sp³-hybridized carbons (Fsp3) is 0.474. The van der Waals surface area contributed by atoms with E-state index in [1.807, 2.05) is 13.8 Å². The molecule has 1 saturated heterocycles. The van der Waals surface area contributed by atoms with E-state index in [2.05, 4.69) is 22.7 Å². The van der Waals surface area contributed by atoms with Gasteiger partial charge in [0.1, 0.15) is 5.82 Å². The molecule has 2 unspecified atom stereocenters. The number of carbonyl (C=O) groups excluding carboxylic acids is 1. The first kappa shape index (κ1) is 17.6. The number of aromatic nitrogens is 2. The average molecular weight is 344 g/mol. The first-order valence-electron chi connectivity index (χ1n) is 8.78. The Morgan fingerprint density at radius 1 is 1.36 bits per heavy atom. The summed E-state index contributed by atoms with van der Waals surface area (Å²) < 4.78 is 14.9. The summed E-state index contributed by atoms with van der Waals surface area (Å²) in [6, 6.07) is 6.87. The zero-order valence-electron chi connectivity index (χ0n) is 15.0. The van der Waals surface area contributed by atoms with Crippen LogP contribution in [-0.4, -0.2) is 34.3 Å². The van der Waals surface area contributed by atoms with E-state index in [0.717, 1.165) is 42.0 Å². The van der Waals surface area contributed by atoms with Crippen molar-refractivity contribution < 1.29 is 9.18 Å².